The van der Waals surface area contributed by atoms with Crippen LogP contribution < -0.4 is 10.6 Å². The minimum Gasteiger partial charge on any atom is -0.460 e. The lowest BCUT2D eigenvalue weighted by Gasteiger charge is -2.27. The standard InChI is InChI=1S/C22H29F3N2O3/c1-20(2,3)30-18(28)9-15-8-17-12-26-13-21(17,10-15)19(29)27-11-14-5-4-6-16(7-14)22(23,24)25/h4-7,15,17,26H,8-13H2,1-3H3,(H,27,29)/t15-,17-,21-/m0/s1. The van der Waals surface area contributed by atoms with Gasteiger partial charge in [-0.1, -0.05) is 12.1 Å². The molecule has 1 aromatic rings. The van der Waals surface area contributed by atoms with Crippen molar-refractivity contribution in [3.05, 3.63) is 35.4 Å². The van der Waals surface area contributed by atoms with E-state index in [4.69, 9.17) is 4.74 Å². The molecular weight excluding hydrogens is 397 g/mol. The fraction of sp³-hybridized carbons (Fsp3) is 0.636. The van der Waals surface area contributed by atoms with Gasteiger partial charge in [0.05, 0.1) is 11.0 Å². The van der Waals surface area contributed by atoms with Crippen LogP contribution in [0.3, 0.4) is 0 Å². The molecule has 2 aliphatic rings. The Kier molecular flexibility index (Phi) is 6.18. The second-order valence-corrected chi connectivity index (χ2v) is 9.46. The van der Waals surface area contributed by atoms with Crippen molar-refractivity contribution in [1.82, 2.24) is 10.6 Å². The lowest BCUT2D eigenvalue weighted by molar-refractivity contribution is -0.156. The van der Waals surface area contributed by atoms with E-state index >= 15 is 0 Å². The van der Waals surface area contributed by atoms with Crippen LogP contribution in [0, 0.1) is 17.3 Å². The summed E-state index contributed by atoms with van der Waals surface area (Å²) in [5, 5.41) is 6.09. The molecule has 0 aromatic heterocycles. The average molecular weight is 426 g/mol. The molecular formula is C22H29F3N2O3. The Morgan fingerprint density at radius 1 is 1.27 bits per heavy atom. The Morgan fingerprint density at radius 2 is 2.00 bits per heavy atom. The number of hydrogen-bond acceptors (Lipinski definition) is 4. The largest absolute Gasteiger partial charge is 0.460 e. The Balaban J connectivity index is 1.63. The summed E-state index contributed by atoms with van der Waals surface area (Å²) >= 11 is 0. The fourth-order valence-corrected chi connectivity index (χ4v) is 4.71. The van der Waals surface area contributed by atoms with Crippen molar-refractivity contribution in [1.29, 1.82) is 0 Å². The van der Waals surface area contributed by atoms with Gasteiger partial charge >= 0.3 is 12.1 Å². The molecule has 1 saturated heterocycles. The average Bonchev–Trinajstić information content (AvgIpc) is 3.15. The highest BCUT2D eigenvalue weighted by Crippen LogP contribution is 2.50. The lowest BCUT2D eigenvalue weighted by Crippen LogP contribution is -2.44. The van der Waals surface area contributed by atoms with Crippen molar-refractivity contribution in [2.24, 2.45) is 17.3 Å². The molecule has 3 rings (SSSR count). The maximum absolute atomic E-state index is 13.1. The van der Waals surface area contributed by atoms with Gasteiger partial charge in [-0.15, -0.1) is 0 Å². The highest BCUT2D eigenvalue weighted by molar-refractivity contribution is 5.84. The normalized spacial score (nSPS) is 26.3. The van der Waals surface area contributed by atoms with Crippen LogP contribution >= 0.6 is 0 Å². The predicted octanol–water partition coefficient (Wildman–Crippen LogP) is 3.67. The van der Waals surface area contributed by atoms with E-state index in [1.165, 1.54) is 6.07 Å². The number of rotatable bonds is 5. The predicted molar refractivity (Wildman–Crippen MR) is 105 cm³/mol. The SMILES string of the molecule is CC(C)(C)OC(=O)C[C@@H]1C[C@H]2CNC[C@@]2(C(=O)NCc2cccc(C(F)(F)F)c2)C1. The van der Waals surface area contributed by atoms with E-state index in [0.29, 0.717) is 25.1 Å². The zero-order chi connectivity index (χ0) is 22.2. The van der Waals surface area contributed by atoms with Crippen molar-refractivity contribution in [2.75, 3.05) is 13.1 Å². The van der Waals surface area contributed by atoms with Crippen LogP contribution in [0.5, 0.6) is 0 Å². The molecule has 2 N–H and O–H groups in total. The van der Waals surface area contributed by atoms with Gasteiger partial charge < -0.3 is 15.4 Å². The Labute approximate surface area is 174 Å². The number of fused-ring (bicyclic) bond motifs is 1. The summed E-state index contributed by atoms with van der Waals surface area (Å²) in [7, 11) is 0. The number of alkyl halides is 3. The number of halogens is 3. The van der Waals surface area contributed by atoms with Crippen molar-refractivity contribution in [3.8, 4) is 0 Å². The van der Waals surface area contributed by atoms with Gasteiger partial charge in [-0.3, -0.25) is 9.59 Å². The van der Waals surface area contributed by atoms with Gasteiger partial charge in [0.15, 0.2) is 0 Å². The summed E-state index contributed by atoms with van der Waals surface area (Å²) in [6.07, 6.45) is -2.82. The number of ether oxygens (including phenoxy) is 1. The highest BCUT2D eigenvalue weighted by Gasteiger charge is 2.55. The van der Waals surface area contributed by atoms with Crippen molar-refractivity contribution in [2.45, 2.75) is 58.4 Å². The third-order valence-corrected chi connectivity index (χ3v) is 5.92. The van der Waals surface area contributed by atoms with Crippen LogP contribution in [0.1, 0.15) is 51.2 Å². The minimum absolute atomic E-state index is 0.0357. The molecule has 1 aromatic carbocycles. The molecule has 8 heteroatoms. The van der Waals surface area contributed by atoms with Crippen LogP contribution in [0.25, 0.3) is 0 Å². The molecule has 166 valence electrons. The summed E-state index contributed by atoms with van der Waals surface area (Å²) in [5.74, 6) is -0.265. The molecule has 2 fully saturated rings. The first-order chi connectivity index (χ1) is 13.9. The quantitative estimate of drug-likeness (QED) is 0.705. The van der Waals surface area contributed by atoms with E-state index in [2.05, 4.69) is 10.6 Å². The first kappa shape index (κ1) is 22.6. The summed E-state index contributed by atoms with van der Waals surface area (Å²) in [6.45, 7) is 6.70. The number of carbonyl (C=O) groups excluding carboxylic acids is 2. The van der Waals surface area contributed by atoms with Crippen LogP contribution in [-0.4, -0.2) is 30.6 Å². The number of benzene rings is 1. The van der Waals surface area contributed by atoms with E-state index < -0.39 is 22.8 Å². The Bertz CT molecular complexity index is 804. The maximum atomic E-state index is 13.1. The van der Waals surface area contributed by atoms with Gasteiger partial charge in [0.2, 0.25) is 5.91 Å². The van der Waals surface area contributed by atoms with E-state index in [0.717, 1.165) is 18.6 Å². The number of esters is 1. The first-order valence-electron chi connectivity index (χ1n) is 10.3. The van der Waals surface area contributed by atoms with Gasteiger partial charge in [0.25, 0.3) is 0 Å². The van der Waals surface area contributed by atoms with E-state index in [1.807, 2.05) is 20.8 Å². The molecule has 1 heterocycles. The monoisotopic (exact) mass is 426 g/mol. The molecule has 0 radical (unpaired) electrons. The first-order valence-corrected chi connectivity index (χ1v) is 10.3. The van der Waals surface area contributed by atoms with E-state index in [1.54, 1.807) is 6.07 Å². The fourth-order valence-electron chi connectivity index (χ4n) is 4.71. The molecule has 1 aliphatic heterocycles. The molecule has 1 saturated carbocycles. The summed E-state index contributed by atoms with van der Waals surface area (Å²) in [5.41, 5.74) is -1.51. The van der Waals surface area contributed by atoms with Crippen LogP contribution in [0.2, 0.25) is 0 Å². The van der Waals surface area contributed by atoms with Crippen molar-refractivity contribution >= 4 is 11.9 Å². The van der Waals surface area contributed by atoms with E-state index in [9.17, 15) is 22.8 Å². The van der Waals surface area contributed by atoms with Crippen LogP contribution in [0.4, 0.5) is 13.2 Å². The molecule has 0 spiro atoms. The van der Waals surface area contributed by atoms with Gasteiger partial charge in [-0.25, -0.2) is 0 Å². The smallest absolute Gasteiger partial charge is 0.416 e. The molecule has 0 unspecified atom stereocenters. The highest BCUT2D eigenvalue weighted by atomic mass is 19.4. The minimum atomic E-state index is -4.42. The topological polar surface area (TPSA) is 67.4 Å². The summed E-state index contributed by atoms with van der Waals surface area (Å²) in [6, 6.07) is 4.98. The number of hydrogen-bond donors (Lipinski definition) is 2. The number of nitrogens with one attached hydrogen (secondary N) is 2. The van der Waals surface area contributed by atoms with Gasteiger partial charge in [-0.2, -0.15) is 13.2 Å². The second-order valence-electron chi connectivity index (χ2n) is 9.46. The molecule has 1 amide bonds. The zero-order valence-electron chi connectivity index (χ0n) is 17.6. The van der Waals surface area contributed by atoms with Gasteiger partial charge in [0, 0.05) is 19.5 Å². The number of carbonyl (C=O) groups is 2. The van der Waals surface area contributed by atoms with Crippen LogP contribution in [0.15, 0.2) is 24.3 Å². The molecule has 0 bridgehead atoms. The van der Waals surface area contributed by atoms with Gasteiger partial charge in [0.1, 0.15) is 5.60 Å². The van der Waals surface area contributed by atoms with Crippen LogP contribution in [-0.2, 0) is 27.0 Å². The van der Waals surface area contributed by atoms with E-state index in [-0.39, 0.29) is 36.7 Å². The van der Waals surface area contributed by atoms with Crippen molar-refractivity contribution in [3.63, 3.8) is 0 Å². The zero-order valence-corrected chi connectivity index (χ0v) is 17.6. The summed E-state index contributed by atoms with van der Waals surface area (Å²) in [4.78, 5) is 25.3. The molecule has 3 atom stereocenters. The molecule has 1 aliphatic carbocycles. The third-order valence-electron chi connectivity index (χ3n) is 5.92. The maximum Gasteiger partial charge on any atom is 0.416 e. The third kappa shape index (κ3) is 5.14. The summed E-state index contributed by atoms with van der Waals surface area (Å²) < 4.78 is 44.1. The molecule has 5 nitrogen and oxygen atoms in total. The van der Waals surface area contributed by atoms with Crippen molar-refractivity contribution < 1.29 is 27.5 Å². The lowest BCUT2D eigenvalue weighted by atomic mass is 9.79. The number of amides is 1. The second kappa shape index (κ2) is 8.21. The van der Waals surface area contributed by atoms with Gasteiger partial charge in [-0.05, 0) is 69.7 Å². The molecule has 30 heavy (non-hydrogen) atoms. The Hall–Kier alpha value is -2.09. The Morgan fingerprint density at radius 3 is 2.67 bits per heavy atom.